The first-order valence-corrected chi connectivity index (χ1v) is 8.67. The molecule has 0 saturated carbocycles. The number of hydrogen-bond acceptors (Lipinski definition) is 3. The van der Waals surface area contributed by atoms with Crippen LogP contribution in [-0.2, 0) is 0 Å². The van der Waals surface area contributed by atoms with Gasteiger partial charge in [0, 0.05) is 17.0 Å². The highest BCUT2D eigenvalue weighted by Gasteiger charge is 2.26. The van der Waals surface area contributed by atoms with Crippen LogP contribution in [0, 0.1) is 27.7 Å². The maximum atomic E-state index is 10.7. The summed E-state index contributed by atoms with van der Waals surface area (Å²) >= 11 is 0. The summed E-state index contributed by atoms with van der Waals surface area (Å²) in [5, 5.41) is 31.1. The van der Waals surface area contributed by atoms with Gasteiger partial charge in [-0.25, -0.2) is 0 Å². The molecule has 0 atom stereocenters. The Labute approximate surface area is 154 Å². The molecule has 0 amide bonds. The van der Waals surface area contributed by atoms with Crippen LogP contribution >= 0.6 is 0 Å². The van der Waals surface area contributed by atoms with Crippen molar-refractivity contribution in [2.75, 3.05) is 0 Å². The molecule has 3 heteroatoms. The molecule has 0 aromatic heterocycles. The molecular weight excluding hydrogens is 324 g/mol. The van der Waals surface area contributed by atoms with E-state index in [1.807, 2.05) is 52.0 Å². The van der Waals surface area contributed by atoms with Crippen LogP contribution in [0.1, 0.15) is 44.9 Å². The van der Waals surface area contributed by atoms with Gasteiger partial charge < -0.3 is 15.3 Å². The molecule has 0 fully saturated rings. The lowest BCUT2D eigenvalue weighted by atomic mass is 9.79. The fourth-order valence-electron chi connectivity index (χ4n) is 3.81. The largest absolute Gasteiger partial charge is 0.508 e. The van der Waals surface area contributed by atoms with Crippen LogP contribution in [0.2, 0.25) is 0 Å². The predicted molar refractivity (Wildman–Crippen MR) is 104 cm³/mol. The molecule has 0 unspecified atom stereocenters. The number of phenolic OH excluding ortho intramolecular Hbond substituents is 3. The molecular formula is C23H24O3. The Morgan fingerprint density at radius 2 is 1.04 bits per heavy atom. The minimum atomic E-state index is -0.336. The Hall–Kier alpha value is -2.94. The summed E-state index contributed by atoms with van der Waals surface area (Å²) in [4.78, 5) is 0. The summed E-state index contributed by atoms with van der Waals surface area (Å²) in [5.74, 6) is 0.263. The van der Waals surface area contributed by atoms with E-state index in [-0.39, 0.29) is 23.2 Å². The van der Waals surface area contributed by atoms with Gasteiger partial charge in [0.25, 0.3) is 0 Å². The molecule has 0 aliphatic carbocycles. The Kier molecular flexibility index (Phi) is 4.64. The van der Waals surface area contributed by atoms with Crippen molar-refractivity contribution in [3.05, 3.63) is 87.5 Å². The molecule has 3 nitrogen and oxygen atoms in total. The Balaban J connectivity index is 2.34. The predicted octanol–water partition coefficient (Wildman–Crippen LogP) is 5.22. The van der Waals surface area contributed by atoms with Gasteiger partial charge in [-0.2, -0.15) is 0 Å². The van der Waals surface area contributed by atoms with Crippen LogP contribution in [0.4, 0.5) is 0 Å². The third kappa shape index (κ3) is 3.25. The zero-order valence-electron chi connectivity index (χ0n) is 15.5. The van der Waals surface area contributed by atoms with E-state index in [9.17, 15) is 15.3 Å². The highest BCUT2D eigenvalue weighted by atomic mass is 16.3. The van der Waals surface area contributed by atoms with Crippen LogP contribution in [0.25, 0.3) is 0 Å². The summed E-state index contributed by atoms with van der Waals surface area (Å²) in [6.07, 6.45) is 0. The van der Waals surface area contributed by atoms with Gasteiger partial charge in [0.15, 0.2) is 0 Å². The van der Waals surface area contributed by atoms with Gasteiger partial charge in [-0.05, 0) is 79.8 Å². The van der Waals surface area contributed by atoms with Gasteiger partial charge in [-0.3, -0.25) is 0 Å². The molecule has 3 aromatic carbocycles. The van der Waals surface area contributed by atoms with Crippen molar-refractivity contribution < 1.29 is 15.3 Å². The average Bonchev–Trinajstić information content (AvgIpc) is 2.52. The number of phenols is 3. The minimum Gasteiger partial charge on any atom is -0.508 e. The van der Waals surface area contributed by atoms with Gasteiger partial charge in [0.05, 0.1) is 0 Å². The fourth-order valence-corrected chi connectivity index (χ4v) is 3.81. The maximum absolute atomic E-state index is 10.7. The third-order valence-corrected chi connectivity index (χ3v) is 4.82. The van der Waals surface area contributed by atoms with E-state index in [0.717, 1.165) is 38.9 Å². The van der Waals surface area contributed by atoms with E-state index < -0.39 is 0 Å². The van der Waals surface area contributed by atoms with E-state index in [4.69, 9.17) is 0 Å². The van der Waals surface area contributed by atoms with Crippen LogP contribution in [0.5, 0.6) is 17.2 Å². The van der Waals surface area contributed by atoms with E-state index in [1.165, 1.54) is 0 Å². The monoisotopic (exact) mass is 348 g/mol. The third-order valence-electron chi connectivity index (χ3n) is 4.82. The lowest BCUT2D eigenvalue weighted by Crippen LogP contribution is -2.08. The van der Waals surface area contributed by atoms with Gasteiger partial charge in [0.2, 0.25) is 0 Å². The van der Waals surface area contributed by atoms with Crippen molar-refractivity contribution >= 4 is 0 Å². The van der Waals surface area contributed by atoms with E-state index in [1.54, 1.807) is 24.3 Å². The smallest absolute Gasteiger partial charge is 0.120 e. The molecule has 0 aliphatic rings. The van der Waals surface area contributed by atoms with Crippen molar-refractivity contribution in [2.24, 2.45) is 0 Å². The van der Waals surface area contributed by atoms with Crippen molar-refractivity contribution in [1.82, 2.24) is 0 Å². The van der Waals surface area contributed by atoms with E-state index in [0.29, 0.717) is 0 Å². The summed E-state index contributed by atoms with van der Waals surface area (Å²) < 4.78 is 0. The van der Waals surface area contributed by atoms with Crippen molar-refractivity contribution in [3.8, 4) is 17.2 Å². The molecule has 0 heterocycles. The Bertz CT molecular complexity index is 852. The molecule has 134 valence electrons. The molecule has 3 N–H and O–H groups in total. The number of rotatable bonds is 3. The first kappa shape index (κ1) is 17.9. The van der Waals surface area contributed by atoms with E-state index in [2.05, 4.69) is 0 Å². The van der Waals surface area contributed by atoms with Crippen LogP contribution in [0.3, 0.4) is 0 Å². The first-order chi connectivity index (χ1) is 12.3. The number of aromatic hydroxyl groups is 3. The maximum Gasteiger partial charge on any atom is 0.120 e. The zero-order valence-corrected chi connectivity index (χ0v) is 15.5. The molecule has 0 saturated heterocycles. The Morgan fingerprint density at radius 1 is 0.615 bits per heavy atom. The normalized spacial score (nSPS) is 11.1. The molecule has 26 heavy (non-hydrogen) atoms. The zero-order chi connectivity index (χ0) is 19.0. The molecule has 0 spiro atoms. The van der Waals surface area contributed by atoms with Crippen LogP contribution in [-0.4, -0.2) is 15.3 Å². The van der Waals surface area contributed by atoms with Crippen molar-refractivity contribution in [2.45, 2.75) is 33.6 Å². The molecule has 0 bridgehead atoms. The quantitative estimate of drug-likeness (QED) is 0.569. The SMILES string of the molecule is Cc1cc(C)c(C(c2ccc(O)cc2)c2c(C)cc(C)cc2O)c(O)c1. The van der Waals surface area contributed by atoms with Gasteiger partial charge in [0.1, 0.15) is 17.2 Å². The molecule has 3 rings (SSSR count). The second-order valence-electron chi connectivity index (χ2n) is 7.05. The topological polar surface area (TPSA) is 60.7 Å². The summed E-state index contributed by atoms with van der Waals surface area (Å²) in [6.45, 7) is 7.83. The number of benzene rings is 3. The first-order valence-electron chi connectivity index (χ1n) is 8.67. The van der Waals surface area contributed by atoms with Gasteiger partial charge >= 0.3 is 0 Å². The lowest BCUT2D eigenvalue weighted by Gasteiger charge is -2.25. The second-order valence-corrected chi connectivity index (χ2v) is 7.05. The molecule has 0 radical (unpaired) electrons. The van der Waals surface area contributed by atoms with E-state index >= 15 is 0 Å². The van der Waals surface area contributed by atoms with Crippen LogP contribution < -0.4 is 0 Å². The number of aryl methyl sites for hydroxylation is 4. The minimum absolute atomic E-state index is 0.183. The fraction of sp³-hybridized carbons (Fsp3) is 0.217. The second kappa shape index (κ2) is 6.75. The molecule has 3 aromatic rings. The molecule has 0 aliphatic heterocycles. The summed E-state index contributed by atoms with van der Waals surface area (Å²) in [6, 6.07) is 14.5. The lowest BCUT2D eigenvalue weighted by molar-refractivity contribution is 0.457. The highest BCUT2D eigenvalue weighted by molar-refractivity contribution is 5.58. The van der Waals surface area contributed by atoms with Crippen LogP contribution in [0.15, 0.2) is 48.5 Å². The number of hydrogen-bond donors (Lipinski definition) is 3. The van der Waals surface area contributed by atoms with Gasteiger partial charge in [-0.15, -0.1) is 0 Å². The summed E-state index contributed by atoms with van der Waals surface area (Å²) in [5.41, 5.74) is 6.32. The van der Waals surface area contributed by atoms with Crippen molar-refractivity contribution in [1.29, 1.82) is 0 Å². The highest BCUT2D eigenvalue weighted by Crippen LogP contribution is 2.44. The van der Waals surface area contributed by atoms with Crippen molar-refractivity contribution in [3.63, 3.8) is 0 Å². The standard InChI is InChI=1S/C23H24O3/c1-13-9-15(3)21(19(25)11-13)23(17-5-7-18(24)8-6-17)22-16(4)10-14(2)12-20(22)26/h5-12,23-26H,1-4H3. The summed E-state index contributed by atoms with van der Waals surface area (Å²) in [7, 11) is 0. The average molecular weight is 348 g/mol. The Morgan fingerprint density at radius 3 is 1.42 bits per heavy atom. The van der Waals surface area contributed by atoms with Gasteiger partial charge in [-0.1, -0.05) is 24.3 Å².